The van der Waals surface area contributed by atoms with Crippen LogP contribution in [0, 0.1) is 6.92 Å². The van der Waals surface area contributed by atoms with Crippen molar-refractivity contribution in [3.05, 3.63) is 95.1 Å². The predicted molar refractivity (Wildman–Crippen MR) is 109 cm³/mol. The van der Waals surface area contributed by atoms with Crippen molar-refractivity contribution in [3.8, 4) is 0 Å². The Hall–Kier alpha value is -3.45. The first kappa shape index (κ1) is 18.9. The zero-order valence-corrected chi connectivity index (χ0v) is 16.4. The quantitative estimate of drug-likeness (QED) is 0.657. The lowest BCUT2D eigenvalue weighted by atomic mass is 10.1. The van der Waals surface area contributed by atoms with E-state index in [1.807, 2.05) is 6.92 Å². The van der Waals surface area contributed by atoms with Gasteiger partial charge in [0.15, 0.2) is 0 Å². The van der Waals surface area contributed by atoms with E-state index in [2.05, 4.69) is 4.72 Å². The van der Waals surface area contributed by atoms with Gasteiger partial charge in [-0.15, -0.1) is 0 Å². The zero-order valence-electron chi connectivity index (χ0n) is 15.6. The van der Waals surface area contributed by atoms with Crippen molar-refractivity contribution in [2.24, 2.45) is 0 Å². The van der Waals surface area contributed by atoms with Crippen LogP contribution < -0.4 is 4.72 Å². The predicted octanol–water partition coefficient (Wildman–Crippen LogP) is 3.59. The summed E-state index contributed by atoms with van der Waals surface area (Å²) in [6.07, 6.45) is 0. The smallest absolute Gasteiger partial charge is 0.261 e. The van der Waals surface area contributed by atoms with E-state index in [0.29, 0.717) is 22.4 Å². The van der Waals surface area contributed by atoms with Gasteiger partial charge in [0.25, 0.3) is 21.8 Å². The van der Waals surface area contributed by atoms with Crippen molar-refractivity contribution in [1.29, 1.82) is 0 Å². The van der Waals surface area contributed by atoms with Crippen LogP contribution in [0.5, 0.6) is 0 Å². The first-order chi connectivity index (χ1) is 13.9. The number of fused-ring (bicyclic) bond motifs is 1. The molecule has 1 aliphatic heterocycles. The van der Waals surface area contributed by atoms with Gasteiger partial charge in [-0.25, -0.2) is 8.42 Å². The van der Waals surface area contributed by atoms with Gasteiger partial charge in [-0.2, -0.15) is 0 Å². The van der Waals surface area contributed by atoms with Crippen LogP contribution in [-0.2, 0) is 16.6 Å². The maximum Gasteiger partial charge on any atom is 0.261 e. The number of aryl methyl sites for hydroxylation is 1. The molecule has 1 aliphatic rings. The van der Waals surface area contributed by atoms with Gasteiger partial charge in [-0.3, -0.25) is 19.2 Å². The second-order valence-electron chi connectivity index (χ2n) is 6.80. The van der Waals surface area contributed by atoms with Crippen molar-refractivity contribution in [3.63, 3.8) is 0 Å². The number of nitrogens with zero attached hydrogens (tertiary/aromatic N) is 1. The molecule has 0 spiro atoms. The number of carbonyl (C=O) groups excluding carboxylic acids is 2. The van der Waals surface area contributed by atoms with Gasteiger partial charge in [0, 0.05) is 5.69 Å². The first-order valence-electron chi connectivity index (χ1n) is 8.99. The van der Waals surface area contributed by atoms with E-state index in [-0.39, 0.29) is 23.3 Å². The fourth-order valence-electron chi connectivity index (χ4n) is 3.27. The summed E-state index contributed by atoms with van der Waals surface area (Å²) in [4.78, 5) is 26.6. The first-order valence-corrected chi connectivity index (χ1v) is 10.5. The summed E-state index contributed by atoms with van der Waals surface area (Å²) in [5, 5.41) is 0. The van der Waals surface area contributed by atoms with Crippen LogP contribution in [0.15, 0.2) is 77.7 Å². The van der Waals surface area contributed by atoms with E-state index < -0.39 is 10.0 Å². The Labute approximate surface area is 168 Å². The van der Waals surface area contributed by atoms with E-state index in [1.54, 1.807) is 60.7 Å². The Morgan fingerprint density at radius 3 is 2.03 bits per heavy atom. The molecule has 2 amide bonds. The van der Waals surface area contributed by atoms with Crippen LogP contribution in [-0.4, -0.2) is 25.1 Å². The minimum Gasteiger partial charge on any atom is -0.280 e. The molecule has 29 heavy (non-hydrogen) atoms. The summed E-state index contributed by atoms with van der Waals surface area (Å²) in [5.74, 6) is -0.694. The molecule has 0 saturated carbocycles. The average molecular weight is 406 g/mol. The molecule has 0 radical (unpaired) electrons. The highest BCUT2D eigenvalue weighted by atomic mass is 32.2. The highest BCUT2D eigenvalue weighted by molar-refractivity contribution is 7.92. The van der Waals surface area contributed by atoms with Gasteiger partial charge in [0.05, 0.1) is 22.6 Å². The fourth-order valence-corrected chi connectivity index (χ4v) is 4.34. The van der Waals surface area contributed by atoms with Gasteiger partial charge in [-0.05, 0) is 54.4 Å². The van der Waals surface area contributed by atoms with Gasteiger partial charge >= 0.3 is 0 Å². The molecule has 0 aliphatic carbocycles. The number of nitrogens with one attached hydrogen (secondary N) is 1. The fraction of sp³-hybridized carbons (Fsp3) is 0.0909. The largest absolute Gasteiger partial charge is 0.280 e. The molecule has 1 heterocycles. The van der Waals surface area contributed by atoms with Crippen LogP contribution in [0.3, 0.4) is 0 Å². The molecular weight excluding hydrogens is 388 g/mol. The minimum absolute atomic E-state index is 0.0685. The van der Waals surface area contributed by atoms with Gasteiger partial charge in [-0.1, -0.05) is 36.4 Å². The zero-order chi connectivity index (χ0) is 20.6. The van der Waals surface area contributed by atoms with E-state index in [0.717, 1.165) is 5.56 Å². The second-order valence-corrected chi connectivity index (χ2v) is 8.48. The van der Waals surface area contributed by atoms with E-state index in [9.17, 15) is 18.0 Å². The van der Waals surface area contributed by atoms with Gasteiger partial charge < -0.3 is 0 Å². The summed E-state index contributed by atoms with van der Waals surface area (Å²) in [5.41, 5.74) is 2.68. The van der Waals surface area contributed by atoms with Crippen molar-refractivity contribution in [1.82, 2.24) is 4.90 Å². The maximum atomic E-state index is 12.6. The van der Waals surface area contributed by atoms with Crippen LogP contribution >= 0.6 is 0 Å². The summed E-state index contributed by atoms with van der Waals surface area (Å²) in [6.45, 7) is 1.92. The monoisotopic (exact) mass is 406 g/mol. The number of rotatable bonds is 5. The van der Waals surface area contributed by atoms with Crippen molar-refractivity contribution < 1.29 is 18.0 Å². The lowest BCUT2D eigenvalue weighted by Crippen LogP contribution is -2.29. The molecular formula is C22H18N2O4S. The molecule has 1 N–H and O–H groups in total. The van der Waals surface area contributed by atoms with Gasteiger partial charge in [0.2, 0.25) is 0 Å². The lowest BCUT2D eigenvalue weighted by Gasteiger charge is -2.17. The molecule has 3 aromatic carbocycles. The molecule has 0 bridgehead atoms. The Morgan fingerprint density at radius 2 is 1.41 bits per heavy atom. The Balaban J connectivity index is 1.60. The highest BCUT2D eigenvalue weighted by Gasteiger charge is 2.35. The third-order valence-corrected chi connectivity index (χ3v) is 6.26. The number of hydrogen-bond acceptors (Lipinski definition) is 4. The number of sulfonamides is 1. The molecule has 0 saturated heterocycles. The molecule has 3 aromatic rings. The van der Waals surface area contributed by atoms with Gasteiger partial charge in [0.1, 0.15) is 0 Å². The minimum atomic E-state index is -3.73. The standard InChI is InChI=1S/C22H18N2O4S/c1-15-11-12-17(23-29(27,28)18-7-3-2-4-8-18)13-16(15)14-24-21(25)19-9-5-6-10-20(19)22(24)26/h2-13,23H,14H2,1H3. The molecule has 0 unspecified atom stereocenters. The molecule has 0 fully saturated rings. The third-order valence-electron chi connectivity index (χ3n) is 4.86. The molecule has 6 nitrogen and oxygen atoms in total. The van der Waals surface area contributed by atoms with Crippen molar-refractivity contribution in [2.75, 3.05) is 4.72 Å². The van der Waals surface area contributed by atoms with Crippen LogP contribution in [0.4, 0.5) is 5.69 Å². The number of imide groups is 1. The third kappa shape index (κ3) is 3.52. The Morgan fingerprint density at radius 1 is 0.828 bits per heavy atom. The summed E-state index contributed by atoms with van der Waals surface area (Å²) < 4.78 is 27.7. The molecule has 0 aromatic heterocycles. The van der Waals surface area contributed by atoms with Crippen LogP contribution in [0.25, 0.3) is 0 Å². The molecule has 7 heteroatoms. The van der Waals surface area contributed by atoms with Crippen LogP contribution in [0.1, 0.15) is 31.8 Å². The van der Waals surface area contributed by atoms with E-state index in [1.165, 1.54) is 17.0 Å². The summed E-state index contributed by atoms with van der Waals surface area (Å²) >= 11 is 0. The summed E-state index contributed by atoms with van der Waals surface area (Å²) in [7, 11) is -3.73. The Kier molecular flexibility index (Phi) is 4.68. The SMILES string of the molecule is Cc1ccc(NS(=O)(=O)c2ccccc2)cc1CN1C(=O)c2ccccc2C1=O. The van der Waals surface area contributed by atoms with Crippen molar-refractivity contribution in [2.45, 2.75) is 18.4 Å². The number of anilines is 1. The molecule has 146 valence electrons. The topological polar surface area (TPSA) is 83.6 Å². The number of benzene rings is 3. The summed E-state index contributed by atoms with van der Waals surface area (Å²) in [6, 6.07) is 19.8. The second kappa shape index (κ2) is 7.18. The molecule has 4 rings (SSSR count). The number of amides is 2. The number of hydrogen-bond donors (Lipinski definition) is 1. The van der Waals surface area contributed by atoms with Crippen LogP contribution in [0.2, 0.25) is 0 Å². The lowest BCUT2D eigenvalue weighted by molar-refractivity contribution is 0.0642. The Bertz CT molecular complexity index is 1190. The average Bonchev–Trinajstić information content (AvgIpc) is 2.96. The maximum absolute atomic E-state index is 12.6. The van der Waals surface area contributed by atoms with E-state index in [4.69, 9.17) is 0 Å². The number of carbonyl (C=O) groups is 2. The molecule has 0 atom stereocenters. The van der Waals surface area contributed by atoms with Crippen molar-refractivity contribution >= 4 is 27.5 Å². The highest BCUT2D eigenvalue weighted by Crippen LogP contribution is 2.26. The normalized spacial score (nSPS) is 13.5. The van der Waals surface area contributed by atoms with E-state index >= 15 is 0 Å².